The highest BCUT2D eigenvalue weighted by Gasteiger charge is 2.04. The summed E-state index contributed by atoms with van der Waals surface area (Å²) in [6.07, 6.45) is 5.21. The normalized spacial score (nSPS) is 10.4. The summed E-state index contributed by atoms with van der Waals surface area (Å²) in [5.74, 6) is 0. The van der Waals surface area contributed by atoms with E-state index in [1.165, 1.54) is 0 Å². The summed E-state index contributed by atoms with van der Waals surface area (Å²) >= 11 is 0. The molecule has 0 radical (unpaired) electrons. The third kappa shape index (κ3) is 2.64. The molecule has 3 aromatic rings. The predicted octanol–water partition coefficient (Wildman–Crippen LogP) is 1.98. The highest BCUT2D eigenvalue weighted by molar-refractivity contribution is 5.54. The summed E-state index contributed by atoms with van der Waals surface area (Å²) < 4.78 is 1.66. The van der Waals surface area contributed by atoms with Crippen molar-refractivity contribution in [1.82, 2.24) is 25.2 Å². The van der Waals surface area contributed by atoms with E-state index in [4.69, 9.17) is 0 Å². The van der Waals surface area contributed by atoms with Gasteiger partial charge in [0.1, 0.15) is 6.33 Å². The number of anilines is 1. The maximum Gasteiger partial charge on any atom is 0.143 e. The molecule has 0 aliphatic rings. The minimum Gasteiger partial charge on any atom is -0.381 e. The van der Waals surface area contributed by atoms with Crippen molar-refractivity contribution in [3.05, 3.63) is 60.2 Å². The monoisotopic (exact) mass is 266 g/mol. The van der Waals surface area contributed by atoms with Crippen molar-refractivity contribution in [1.29, 1.82) is 0 Å². The smallest absolute Gasteiger partial charge is 0.143 e. The fourth-order valence-electron chi connectivity index (χ4n) is 1.94. The van der Waals surface area contributed by atoms with Gasteiger partial charge in [-0.2, -0.15) is 0 Å². The first-order chi connectivity index (χ1) is 9.83. The molecule has 0 fully saturated rings. The average molecular weight is 266 g/mol. The zero-order chi connectivity index (χ0) is 13.8. The molecule has 100 valence electrons. The molecule has 1 N–H and O–H groups in total. The molecule has 0 saturated heterocycles. The number of tetrazole rings is 1. The van der Waals surface area contributed by atoms with E-state index in [-0.39, 0.29) is 0 Å². The predicted molar refractivity (Wildman–Crippen MR) is 75.5 cm³/mol. The van der Waals surface area contributed by atoms with Crippen LogP contribution in [0.3, 0.4) is 0 Å². The van der Waals surface area contributed by atoms with Crippen molar-refractivity contribution in [2.75, 3.05) is 5.32 Å². The number of nitrogens with one attached hydrogen (secondary N) is 1. The van der Waals surface area contributed by atoms with Gasteiger partial charge >= 0.3 is 0 Å². The van der Waals surface area contributed by atoms with Crippen LogP contribution in [0, 0.1) is 6.92 Å². The van der Waals surface area contributed by atoms with Crippen LogP contribution in [0.25, 0.3) is 5.69 Å². The number of hydrogen-bond donors (Lipinski definition) is 1. The number of pyridine rings is 1. The fraction of sp³-hybridized carbons (Fsp3) is 0.143. The molecule has 0 aliphatic heterocycles. The van der Waals surface area contributed by atoms with Crippen molar-refractivity contribution in [2.45, 2.75) is 13.5 Å². The van der Waals surface area contributed by atoms with Gasteiger partial charge in [-0.1, -0.05) is 12.1 Å². The van der Waals surface area contributed by atoms with E-state index in [0.717, 1.165) is 29.0 Å². The molecule has 0 aliphatic carbocycles. The van der Waals surface area contributed by atoms with Gasteiger partial charge in [-0.05, 0) is 46.7 Å². The molecule has 6 nitrogen and oxygen atoms in total. The van der Waals surface area contributed by atoms with Crippen LogP contribution in [-0.4, -0.2) is 25.2 Å². The minimum absolute atomic E-state index is 0.728. The van der Waals surface area contributed by atoms with Gasteiger partial charge in [0.05, 0.1) is 5.69 Å². The topological polar surface area (TPSA) is 68.5 Å². The van der Waals surface area contributed by atoms with Crippen molar-refractivity contribution >= 4 is 5.69 Å². The van der Waals surface area contributed by atoms with E-state index in [1.807, 2.05) is 43.5 Å². The van der Waals surface area contributed by atoms with Crippen LogP contribution in [0.15, 0.2) is 49.1 Å². The summed E-state index contributed by atoms with van der Waals surface area (Å²) in [5.41, 5.74) is 4.23. The van der Waals surface area contributed by atoms with E-state index < -0.39 is 0 Å². The standard InChI is InChI=1S/C14H14N6/c1-11-4-5-13(7-14(11)20-10-17-18-19-20)16-9-12-3-2-6-15-8-12/h2-8,10,16H,9H2,1H3. The van der Waals surface area contributed by atoms with Crippen molar-refractivity contribution in [3.63, 3.8) is 0 Å². The molecule has 2 aromatic heterocycles. The maximum absolute atomic E-state index is 4.10. The van der Waals surface area contributed by atoms with E-state index in [2.05, 4.69) is 25.8 Å². The Morgan fingerprint density at radius 2 is 2.20 bits per heavy atom. The maximum atomic E-state index is 4.10. The van der Waals surface area contributed by atoms with E-state index in [0.29, 0.717) is 0 Å². The van der Waals surface area contributed by atoms with Crippen LogP contribution in [0.5, 0.6) is 0 Å². The lowest BCUT2D eigenvalue weighted by molar-refractivity contribution is 0.785. The Morgan fingerprint density at radius 3 is 2.95 bits per heavy atom. The zero-order valence-corrected chi connectivity index (χ0v) is 11.1. The second-order valence-electron chi connectivity index (χ2n) is 4.47. The number of aryl methyl sites for hydroxylation is 1. The van der Waals surface area contributed by atoms with Gasteiger partial charge in [-0.25, -0.2) is 4.68 Å². The Kier molecular flexibility index (Phi) is 3.36. The van der Waals surface area contributed by atoms with E-state index in [1.54, 1.807) is 17.2 Å². The highest BCUT2D eigenvalue weighted by atomic mass is 15.5. The Hall–Kier alpha value is -2.76. The zero-order valence-electron chi connectivity index (χ0n) is 11.1. The summed E-state index contributed by atoms with van der Waals surface area (Å²) in [4.78, 5) is 4.10. The number of benzene rings is 1. The second-order valence-corrected chi connectivity index (χ2v) is 4.47. The Balaban J connectivity index is 1.79. The molecule has 1 aromatic carbocycles. The van der Waals surface area contributed by atoms with Crippen LogP contribution in [0.1, 0.15) is 11.1 Å². The molecule has 0 amide bonds. The molecular formula is C14H14N6. The highest BCUT2D eigenvalue weighted by Crippen LogP contribution is 2.18. The number of hydrogen-bond acceptors (Lipinski definition) is 5. The van der Waals surface area contributed by atoms with Gasteiger partial charge < -0.3 is 5.32 Å². The lowest BCUT2D eigenvalue weighted by atomic mass is 10.1. The molecule has 0 spiro atoms. The summed E-state index contributed by atoms with van der Waals surface area (Å²) in [6.45, 7) is 2.76. The molecule has 3 rings (SSSR count). The molecule has 0 atom stereocenters. The second kappa shape index (κ2) is 5.48. The first-order valence-electron chi connectivity index (χ1n) is 6.30. The van der Waals surface area contributed by atoms with Gasteiger partial charge in [-0.15, -0.1) is 5.10 Å². The molecule has 2 heterocycles. The Morgan fingerprint density at radius 1 is 1.25 bits per heavy atom. The first kappa shape index (κ1) is 12.3. The van der Waals surface area contributed by atoms with Gasteiger partial charge in [-0.3, -0.25) is 4.98 Å². The third-order valence-corrected chi connectivity index (χ3v) is 3.02. The number of rotatable bonds is 4. The lowest BCUT2D eigenvalue weighted by Crippen LogP contribution is -2.03. The third-order valence-electron chi connectivity index (χ3n) is 3.02. The number of nitrogens with zero attached hydrogens (tertiary/aromatic N) is 5. The Bertz CT molecular complexity index is 678. The summed E-state index contributed by atoms with van der Waals surface area (Å²) in [5, 5.41) is 14.6. The summed E-state index contributed by atoms with van der Waals surface area (Å²) in [6, 6.07) is 10.1. The van der Waals surface area contributed by atoms with Crippen LogP contribution in [0.2, 0.25) is 0 Å². The molecule has 0 saturated carbocycles. The van der Waals surface area contributed by atoms with Crippen LogP contribution >= 0.6 is 0 Å². The first-order valence-corrected chi connectivity index (χ1v) is 6.30. The van der Waals surface area contributed by atoms with E-state index in [9.17, 15) is 0 Å². The van der Waals surface area contributed by atoms with Gasteiger partial charge in [0.15, 0.2) is 0 Å². The average Bonchev–Trinajstić information content (AvgIpc) is 3.01. The molecule has 6 heteroatoms. The van der Waals surface area contributed by atoms with E-state index >= 15 is 0 Å². The quantitative estimate of drug-likeness (QED) is 0.782. The molecule has 0 bridgehead atoms. The Labute approximate surface area is 116 Å². The minimum atomic E-state index is 0.728. The van der Waals surface area contributed by atoms with Gasteiger partial charge in [0, 0.05) is 24.6 Å². The summed E-state index contributed by atoms with van der Waals surface area (Å²) in [7, 11) is 0. The van der Waals surface area contributed by atoms with Gasteiger partial charge in [0.2, 0.25) is 0 Å². The van der Waals surface area contributed by atoms with Crippen molar-refractivity contribution in [3.8, 4) is 5.69 Å². The SMILES string of the molecule is Cc1ccc(NCc2cccnc2)cc1-n1cnnn1. The molecule has 20 heavy (non-hydrogen) atoms. The number of aromatic nitrogens is 5. The van der Waals surface area contributed by atoms with Crippen molar-refractivity contribution < 1.29 is 0 Å². The van der Waals surface area contributed by atoms with Crippen LogP contribution in [-0.2, 0) is 6.54 Å². The molecular weight excluding hydrogens is 252 g/mol. The van der Waals surface area contributed by atoms with Crippen LogP contribution in [0.4, 0.5) is 5.69 Å². The van der Waals surface area contributed by atoms with Gasteiger partial charge in [0.25, 0.3) is 0 Å². The largest absolute Gasteiger partial charge is 0.381 e. The fourth-order valence-corrected chi connectivity index (χ4v) is 1.94. The molecule has 0 unspecified atom stereocenters. The lowest BCUT2D eigenvalue weighted by Gasteiger charge is -2.10. The van der Waals surface area contributed by atoms with Crippen LogP contribution < -0.4 is 5.32 Å². The van der Waals surface area contributed by atoms with Crippen molar-refractivity contribution in [2.24, 2.45) is 0 Å².